The Labute approximate surface area is 103 Å². The molecule has 0 aromatic rings. The zero-order valence-corrected chi connectivity index (χ0v) is 11.2. The van der Waals surface area contributed by atoms with E-state index in [4.69, 9.17) is 4.74 Å². The smallest absolute Gasteiger partial charge is 0.408 e. The molecule has 1 N–H and O–H groups in total. The molecule has 2 amide bonds. The highest BCUT2D eigenvalue weighted by molar-refractivity contribution is 5.77. The third-order valence-corrected chi connectivity index (χ3v) is 1.88. The molecule has 0 saturated carbocycles. The van der Waals surface area contributed by atoms with Gasteiger partial charge in [-0.15, -0.1) is 6.58 Å². The fourth-order valence-electron chi connectivity index (χ4n) is 1.02. The van der Waals surface area contributed by atoms with Crippen LogP contribution in [0.15, 0.2) is 12.7 Å². The van der Waals surface area contributed by atoms with Gasteiger partial charge in [0, 0.05) is 14.1 Å². The molecule has 0 fully saturated rings. The van der Waals surface area contributed by atoms with Crippen LogP contribution in [-0.2, 0) is 9.53 Å². The molecule has 0 radical (unpaired) electrons. The quantitative estimate of drug-likeness (QED) is 0.761. The zero-order valence-electron chi connectivity index (χ0n) is 11.2. The predicted molar refractivity (Wildman–Crippen MR) is 66.7 cm³/mol. The number of rotatable bonds is 4. The molecule has 5 heteroatoms. The molecule has 5 nitrogen and oxygen atoms in total. The monoisotopic (exact) mass is 242 g/mol. The Balaban J connectivity index is 4.27. The minimum Gasteiger partial charge on any atom is -0.444 e. The van der Waals surface area contributed by atoms with E-state index in [1.807, 2.05) is 0 Å². The van der Waals surface area contributed by atoms with Crippen LogP contribution in [0.5, 0.6) is 0 Å². The molecule has 17 heavy (non-hydrogen) atoms. The lowest BCUT2D eigenvalue weighted by molar-refractivity contribution is -0.128. The lowest BCUT2D eigenvalue weighted by atomic mass is 10.2. The van der Waals surface area contributed by atoms with Crippen molar-refractivity contribution < 1.29 is 14.3 Å². The normalized spacial score (nSPS) is 12.5. The molecule has 0 aliphatic carbocycles. The molecule has 0 unspecified atom stereocenters. The summed E-state index contributed by atoms with van der Waals surface area (Å²) in [4.78, 5) is 24.4. The first-order valence-corrected chi connectivity index (χ1v) is 5.48. The predicted octanol–water partition coefficient (Wildman–Crippen LogP) is 1.54. The highest BCUT2D eigenvalue weighted by Gasteiger charge is 2.19. The van der Waals surface area contributed by atoms with Gasteiger partial charge >= 0.3 is 6.09 Å². The molecule has 0 aromatic carbocycles. The average molecular weight is 242 g/mol. The Morgan fingerprint density at radius 3 is 2.29 bits per heavy atom. The number of amides is 2. The molecule has 0 aliphatic heterocycles. The third-order valence-electron chi connectivity index (χ3n) is 1.88. The molecule has 98 valence electrons. The van der Waals surface area contributed by atoms with Gasteiger partial charge in [-0.05, 0) is 20.8 Å². The average Bonchev–Trinajstić information content (AvgIpc) is 2.13. The molecule has 0 bridgehead atoms. The molecular weight excluding hydrogens is 220 g/mol. The molecule has 0 aliphatic rings. The van der Waals surface area contributed by atoms with Crippen LogP contribution in [0, 0.1) is 0 Å². The van der Waals surface area contributed by atoms with Crippen molar-refractivity contribution in [2.24, 2.45) is 0 Å². The van der Waals surface area contributed by atoms with Crippen molar-refractivity contribution in [3.63, 3.8) is 0 Å². The highest BCUT2D eigenvalue weighted by atomic mass is 16.6. The molecule has 0 aromatic heterocycles. The molecule has 1 atom stereocenters. The molecule has 0 saturated heterocycles. The lowest BCUT2D eigenvalue weighted by Crippen LogP contribution is -2.40. The summed E-state index contributed by atoms with van der Waals surface area (Å²) in [5.74, 6) is -0.0778. The van der Waals surface area contributed by atoms with E-state index in [9.17, 15) is 9.59 Å². The molecule has 0 heterocycles. The van der Waals surface area contributed by atoms with Crippen LogP contribution < -0.4 is 5.32 Å². The van der Waals surface area contributed by atoms with Crippen molar-refractivity contribution >= 4 is 12.0 Å². The van der Waals surface area contributed by atoms with E-state index in [-0.39, 0.29) is 12.3 Å². The van der Waals surface area contributed by atoms with Crippen molar-refractivity contribution in [2.45, 2.75) is 38.8 Å². The van der Waals surface area contributed by atoms with E-state index >= 15 is 0 Å². The van der Waals surface area contributed by atoms with Crippen LogP contribution in [0.25, 0.3) is 0 Å². The van der Waals surface area contributed by atoms with Gasteiger partial charge in [0.15, 0.2) is 0 Å². The second-order valence-electron chi connectivity index (χ2n) is 4.98. The maximum Gasteiger partial charge on any atom is 0.408 e. The first-order valence-electron chi connectivity index (χ1n) is 5.48. The SMILES string of the molecule is C=C[C@H](CC(=O)N(C)C)NC(=O)OC(C)(C)C. The van der Waals surface area contributed by atoms with Gasteiger partial charge in [0.2, 0.25) is 5.91 Å². The van der Waals surface area contributed by atoms with Crippen molar-refractivity contribution in [1.82, 2.24) is 10.2 Å². The second-order valence-corrected chi connectivity index (χ2v) is 4.98. The Kier molecular flexibility index (Phi) is 5.71. The summed E-state index contributed by atoms with van der Waals surface area (Å²) in [5.41, 5.74) is -0.554. The van der Waals surface area contributed by atoms with E-state index in [0.29, 0.717) is 0 Å². The van der Waals surface area contributed by atoms with Gasteiger partial charge < -0.3 is 15.0 Å². The third kappa shape index (κ3) is 7.38. The number of nitrogens with one attached hydrogen (secondary N) is 1. The number of carbonyl (C=O) groups excluding carboxylic acids is 2. The Bertz CT molecular complexity index is 293. The van der Waals surface area contributed by atoms with Crippen LogP contribution in [0.1, 0.15) is 27.2 Å². The van der Waals surface area contributed by atoms with E-state index in [2.05, 4.69) is 11.9 Å². The topological polar surface area (TPSA) is 58.6 Å². The number of alkyl carbamates (subject to hydrolysis) is 1. The highest BCUT2D eigenvalue weighted by Crippen LogP contribution is 2.07. The van der Waals surface area contributed by atoms with E-state index in [1.54, 1.807) is 34.9 Å². The summed E-state index contributed by atoms with van der Waals surface area (Å²) in [7, 11) is 3.33. The van der Waals surface area contributed by atoms with Gasteiger partial charge in [0.05, 0.1) is 12.5 Å². The maximum atomic E-state index is 11.5. The van der Waals surface area contributed by atoms with E-state index in [0.717, 1.165) is 0 Å². The van der Waals surface area contributed by atoms with Crippen molar-refractivity contribution in [3.8, 4) is 0 Å². The van der Waals surface area contributed by atoms with Gasteiger partial charge in [0.1, 0.15) is 5.60 Å². The van der Waals surface area contributed by atoms with E-state index < -0.39 is 17.7 Å². The van der Waals surface area contributed by atoms with Crippen molar-refractivity contribution in [1.29, 1.82) is 0 Å². The van der Waals surface area contributed by atoms with E-state index in [1.165, 1.54) is 11.0 Å². The fraction of sp³-hybridized carbons (Fsp3) is 0.667. The number of nitrogens with zero attached hydrogens (tertiary/aromatic N) is 1. The molecule has 0 rings (SSSR count). The summed E-state index contributed by atoms with van der Waals surface area (Å²) in [5, 5.41) is 2.58. The first-order chi connectivity index (χ1) is 7.65. The number of hydrogen-bond acceptors (Lipinski definition) is 3. The summed E-state index contributed by atoms with van der Waals surface area (Å²) in [6, 6.07) is -0.417. The maximum absolute atomic E-state index is 11.5. The second kappa shape index (κ2) is 6.27. The molecule has 0 spiro atoms. The summed E-state index contributed by atoms with van der Waals surface area (Å²) in [6.07, 6.45) is 1.15. The summed E-state index contributed by atoms with van der Waals surface area (Å²) >= 11 is 0. The lowest BCUT2D eigenvalue weighted by Gasteiger charge is -2.22. The Morgan fingerprint density at radius 2 is 1.94 bits per heavy atom. The van der Waals surface area contributed by atoms with Crippen LogP contribution in [-0.4, -0.2) is 42.6 Å². The molecular formula is C12H22N2O3. The number of hydrogen-bond donors (Lipinski definition) is 1. The Hall–Kier alpha value is -1.52. The first kappa shape index (κ1) is 15.5. The van der Waals surface area contributed by atoms with Gasteiger partial charge in [-0.1, -0.05) is 6.08 Å². The van der Waals surface area contributed by atoms with Gasteiger partial charge in [-0.2, -0.15) is 0 Å². The summed E-state index contributed by atoms with van der Waals surface area (Å²) in [6.45, 7) is 8.92. The van der Waals surface area contributed by atoms with Crippen LogP contribution >= 0.6 is 0 Å². The minimum atomic E-state index is -0.554. The Morgan fingerprint density at radius 1 is 1.41 bits per heavy atom. The van der Waals surface area contributed by atoms with Crippen LogP contribution in [0.3, 0.4) is 0 Å². The standard InChI is InChI=1S/C12H22N2O3/c1-7-9(8-10(15)14(5)6)13-11(16)17-12(2,3)4/h7,9H,1,8H2,2-6H3,(H,13,16)/t9-/m1/s1. The van der Waals surface area contributed by atoms with Crippen molar-refractivity contribution in [3.05, 3.63) is 12.7 Å². The summed E-state index contributed by atoms with van der Waals surface area (Å²) < 4.78 is 5.09. The fourth-order valence-corrected chi connectivity index (χ4v) is 1.02. The van der Waals surface area contributed by atoms with Crippen molar-refractivity contribution in [2.75, 3.05) is 14.1 Å². The van der Waals surface area contributed by atoms with Crippen LogP contribution in [0.4, 0.5) is 4.79 Å². The number of carbonyl (C=O) groups is 2. The number of ether oxygens (including phenoxy) is 1. The van der Waals surface area contributed by atoms with Gasteiger partial charge in [-0.3, -0.25) is 4.79 Å². The van der Waals surface area contributed by atoms with Gasteiger partial charge in [0.25, 0.3) is 0 Å². The minimum absolute atomic E-state index is 0.0778. The largest absolute Gasteiger partial charge is 0.444 e. The zero-order chi connectivity index (χ0) is 13.6. The van der Waals surface area contributed by atoms with Crippen LogP contribution in [0.2, 0.25) is 0 Å². The van der Waals surface area contributed by atoms with Gasteiger partial charge in [-0.25, -0.2) is 4.79 Å².